The molecule has 2 amide bonds. The molecule has 3 aromatic rings. The van der Waals surface area contributed by atoms with Crippen LogP contribution >= 0.6 is 34.7 Å². The Bertz CT molecular complexity index is 1110. The van der Waals surface area contributed by atoms with Crippen molar-refractivity contribution < 1.29 is 9.59 Å². The molecule has 1 N–H and O–H groups in total. The first-order valence-electron chi connectivity index (χ1n) is 8.85. The van der Waals surface area contributed by atoms with Crippen molar-refractivity contribution in [1.82, 2.24) is 9.88 Å². The Kier molecular flexibility index (Phi) is 5.58. The zero-order chi connectivity index (χ0) is 20.5. The topological polar surface area (TPSA) is 74.7 Å². The van der Waals surface area contributed by atoms with Crippen molar-refractivity contribution in [3.8, 4) is 0 Å². The van der Waals surface area contributed by atoms with Crippen LogP contribution in [0.15, 0.2) is 47.5 Å². The Balaban J connectivity index is 1.46. The summed E-state index contributed by atoms with van der Waals surface area (Å²) in [6.07, 6.45) is 0.0643. The Hall–Kier alpha value is -2.42. The van der Waals surface area contributed by atoms with Gasteiger partial charge >= 0.3 is 0 Å². The average molecular weight is 445 g/mol. The van der Waals surface area contributed by atoms with Crippen molar-refractivity contribution in [2.24, 2.45) is 4.99 Å². The van der Waals surface area contributed by atoms with Gasteiger partial charge in [0.2, 0.25) is 16.9 Å². The summed E-state index contributed by atoms with van der Waals surface area (Å²) < 4.78 is 1.04. The molecule has 0 unspecified atom stereocenters. The molecule has 1 aliphatic heterocycles. The molecule has 0 saturated carbocycles. The molecule has 1 aliphatic rings. The van der Waals surface area contributed by atoms with Gasteiger partial charge in [0, 0.05) is 24.2 Å². The van der Waals surface area contributed by atoms with Gasteiger partial charge in [-0.3, -0.25) is 14.5 Å². The number of para-hydroxylation sites is 1. The number of rotatable bonds is 4. The van der Waals surface area contributed by atoms with Crippen LogP contribution in [-0.2, 0) is 9.59 Å². The molecule has 0 spiro atoms. The van der Waals surface area contributed by atoms with Crippen molar-refractivity contribution in [2.45, 2.75) is 18.6 Å². The molecular weight excluding hydrogens is 428 g/mol. The van der Waals surface area contributed by atoms with E-state index in [0.717, 1.165) is 15.8 Å². The minimum Gasteiger partial charge on any atom is -0.326 e. The molecule has 0 aliphatic carbocycles. The number of hydrogen-bond acceptors (Lipinski definition) is 6. The smallest absolute Gasteiger partial charge is 0.242 e. The van der Waals surface area contributed by atoms with Gasteiger partial charge < -0.3 is 5.32 Å². The lowest BCUT2D eigenvalue weighted by Crippen LogP contribution is -2.30. The van der Waals surface area contributed by atoms with Crippen LogP contribution in [0, 0.1) is 6.92 Å². The van der Waals surface area contributed by atoms with E-state index in [1.165, 1.54) is 28.0 Å². The molecule has 1 fully saturated rings. The average Bonchev–Trinajstić information content (AvgIpc) is 3.20. The fourth-order valence-corrected chi connectivity index (χ4v) is 5.18. The monoisotopic (exact) mass is 444 g/mol. The Labute approximate surface area is 181 Å². The maximum Gasteiger partial charge on any atom is 0.242 e. The lowest BCUT2D eigenvalue weighted by atomic mass is 10.2. The number of aryl methyl sites for hydroxylation is 1. The van der Waals surface area contributed by atoms with E-state index in [1.54, 1.807) is 25.2 Å². The van der Waals surface area contributed by atoms with Crippen LogP contribution in [0.3, 0.4) is 0 Å². The standard InChI is InChI=1S/C20H17ClN4O2S2/c1-11-9-12(21)7-8-13(11)22-17(26)10-16-18(27)25(2)20(29-16)24-19-23-14-5-3-4-6-15(14)28-19/h3-9,16H,10H2,1-2H3,(H,22,26)/t16-/m1/s1. The van der Waals surface area contributed by atoms with E-state index in [0.29, 0.717) is 21.0 Å². The van der Waals surface area contributed by atoms with E-state index in [-0.39, 0.29) is 18.2 Å². The zero-order valence-electron chi connectivity index (χ0n) is 15.7. The summed E-state index contributed by atoms with van der Waals surface area (Å²) in [5, 5.41) is 4.09. The number of nitrogens with one attached hydrogen (secondary N) is 1. The highest BCUT2D eigenvalue weighted by Gasteiger charge is 2.37. The molecule has 6 nitrogen and oxygen atoms in total. The predicted octanol–water partition coefficient (Wildman–Crippen LogP) is 4.85. The highest BCUT2D eigenvalue weighted by Crippen LogP contribution is 2.34. The maximum absolute atomic E-state index is 12.6. The fraction of sp³-hybridized carbons (Fsp3) is 0.200. The number of anilines is 1. The van der Waals surface area contributed by atoms with Gasteiger partial charge in [-0.2, -0.15) is 4.99 Å². The second-order valence-electron chi connectivity index (χ2n) is 6.57. The Morgan fingerprint density at radius 2 is 2.10 bits per heavy atom. The van der Waals surface area contributed by atoms with Crippen LogP contribution in [0.5, 0.6) is 0 Å². The van der Waals surface area contributed by atoms with Gasteiger partial charge in [0.25, 0.3) is 0 Å². The maximum atomic E-state index is 12.6. The zero-order valence-corrected chi connectivity index (χ0v) is 18.1. The van der Waals surface area contributed by atoms with E-state index in [4.69, 9.17) is 11.6 Å². The number of benzene rings is 2. The van der Waals surface area contributed by atoms with Crippen molar-refractivity contribution >= 4 is 72.7 Å². The number of aromatic nitrogens is 1. The minimum atomic E-state index is -0.513. The van der Waals surface area contributed by atoms with E-state index in [1.807, 2.05) is 31.2 Å². The Morgan fingerprint density at radius 3 is 2.86 bits per heavy atom. The summed E-state index contributed by atoms with van der Waals surface area (Å²) in [4.78, 5) is 35.6. The van der Waals surface area contributed by atoms with Gasteiger partial charge in [0.05, 0.1) is 10.2 Å². The predicted molar refractivity (Wildman–Crippen MR) is 120 cm³/mol. The van der Waals surface area contributed by atoms with Gasteiger partial charge in [-0.05, 0) is 42.8 Å². The van der Waals surface area contributed by atoms with Crippen molar-refractivity contribution in [3.63, 3.8) is 0 Å². The van der Waals surface area contributed by atoms with E-state index >= 15 is 0 Å². The van der Waals surface area contributed by atoms with Crippen LogP contribution in [0.2, 0.25) is 5.02 Å². The van der Waals surface area contributed by atoms with E-state index in [9.17, 15) is 9.59 Å². The SMILES string of the molecule is Cc1cc(Cl)ccc1NC(=O)C[C@H]1SC(=Nc2nc3ccccc3s2)N(C)C1=O. The summed E-state index contributed by atoms with van der Waals surface area (Å²) in [5.74, 6) is -0.367. The van der Waals surface area contributed by atoms with E-state index in [2.05, 4.69) is 15.3 Å². The van der Waals surface area contributed by atoms with Crippen molar-refractivity contribution in [1.29, 1.82) is 0 Å². The summed E-state index contributed by atoms with van der Waals surface area (Å²) in [6, 6.07) is 13.0. The molecule has 0 bridgehead atoms. The van der Waals surface area contributed by atoms with Gasteiger partial charge in [-0.1, -0.05) is 46.8 Å². The van der Waals surface area contributed by atoms with Gasteiger partial charge in [-0.25, -0.2) is 4.98 Å². The van der Waals surface area contributed by atoms with Crippen LogP contribution in [0.25, 0.3) is 10.2 Å². The number of amidine groups is 1. The molecule has 1 aromatic heterocycles. The second kappa shape index (κ2) is 8.14. The van der Waals surface area contributed by atoms with Gasteiger partial charge in [-0.15, -0.1) is 0 Å². The summed E-state index contributed by atoms with van der Waals surface area (Å²) in [7, 11) is 1.67. The van der Waals surface area contributed by atoms with Gasteiger partial charge in [0.15, 0.2) is 5.17 Å². The number of carbonyl (C=O) groups excluding carboxylic acids is 2. The number of carbonyl (C=O) groups is 2. The lowest BCUT2D eigenvalue weighted by Gasteiger charge is -2.11. The second-order valence-corrected chi connectivity index (χ2v) is 9.19. The fourth-order valence-electron chi connectivity index (χ4n) is 2.92. The first kappa shape index (κ1) is 19.9. The van der Waals surface area contributed by atoms with Crippen molar-refractivity contribution in [2.75, 3.05) is 12.4 Å². The quantitative estimate of drug-likeness (QED) is 0.624. The molecule has 1 atom stereocenters. The largest absolute Gasteiger partial charge is 0.326 e. The molecule has 1 saturated heterocycles. The molecule has 148 valence electrons. The Morgan fingerprint density at radius 1 is 1.31 bits per heavy atom. The molecular formula is C20H17ClN4O2S2. The molecule has 0 radical (unpaired) electrons. The number of fused-ring (bicyclic) bond motifs is 1. The third kappa shape index (κ3) is 4.29. The molecule has 2 heterocycles. The number of halogens is 1. The minimum absolute atomic E-state index is 0.0643. The van der Waals surface area contributed by atoms with E-state index < -0.39 is 5.25 Å². The third-order valence-electron chi connectivity index (χ3n) is 4.45. The number of nitrogens with zero attached hydrogens (tertiary/aromatic N) is 3. The molecule has 4 rings (SSSR count). The lowest BCUT2D eigenvalue weighted by molar-refractivity contribution is -0.127. The van der Waals surface area contributed by atoms with Gasteiger partial charge in [0.1, 0.15) is 5.25 Å². The summed E-state index contributed by atoms with van der Waals surface area (Å²) in [6.45, 7) is 1.87. The van der Waals surface area contributed by atoms with Crippen molar-refractivity contribution in [3.05, 3.63) is 53.1 Å². The summed E-state index contributed by atoms with van der Waals surface area (Å²) >= 11 is 8.71. The van der Waals surface area contributed by atoms with Crippen LogP contribution in [-0.4, -0.2) is 39.2 Å². The first-order valence-corrected chi connectivity index (χ1v) is 10.9. The normalized spacial score (nSPS) is 18.0. The molecule has 2 aromatic carbocycles. The third-order valence-corrected chi connectivity index (χ3v) is 6.84. The highest BCUT2D eigenvalue weighted by atomic mass is 35.5. The molecule has 9 heteroatoms. The van der Waals surface area contributed by atoms with Crippen LogP contribution in [0.1, 0.15) is 12.0 Å². The number of thiazole rings is 1. The number of aliphatic imine (C=N–C) groups is 1. The number of hydrogen-bond donors (Lipinski definition) is 1. The van der Waals surface area contributed by atoms with Crippen LogP contribution in [0.4, 0.5) is 10.8 Å². The molecule has 29 heavy (non-hydrogen) atoms. The number of amides is 2. The highest BCUT2D eigenvalue weighted by molar-refractivity contribution is 8.15. The first-order chi connectivity index (χ1) is 13.9. The number of thioether (sulfide) groups is 1. The van der Waals surface area contributed by atoms with Crippen LogP contribution < -0.4 is 5.32 Å². The summed E-state index contributed by atoms with van der Waals surface area (Å²) in [5.41, 5.74) is 2.43.